The molecule has 0 aliphatic carbocycles. The summed E-state index contributed by atoms with van der Waals surface area (Å²) in [5.74, 6) is -0.265. The van der Waals surface area contributed by atoms with Crippen molar-refractivity contribution in [2.24, 2.45) is 0 Å². The predicted molar refractivity (Wildman–Crippen MR) is 128 cm³/mol. The van der Waals surface area contributed by atoms with Crippen LogP contribution in [0.5, 0.6) is 0 Å². The van der Waals surface area contributed by atoms with Crippen molar-refractivity contribution in [2.45, 2.75) is 37.4 Å². The van der Waals surface area contributed by atoms with Crippen molar-refractivity contribution in [1.29, 1.82) is 0 Å². The van der Waals surface area contributed by atoms with Gasteiger partial charge in [0.2, 0.25) is 10.0 Å². The lowest BCUT2D eigenvalue weighted by Crippen LogP contribution is -2.47. The Bertz CT molecular complexity index is 1070. The zero-order chi connectivity index (χ0) is 23.4. The van der Waals surface area contributed by atoms with Crippen LogP contribution in [0, 0.1) is 0 Å². The highest BCUT2D eigenvalue weighted by molar-refractivity contribution is 7.89. The molecule has 1 atom stereocenters. The van der Waals surface area contributed by atoms with Crippen molar-refractivity contribution in [1.82, 2.24) is 14.5 Å². The number of amides is 1. The number of benzene rings is 2. The van der Waals surface area contributed by atoms with Crippen LogP contribution >= 0.6 is 0 Å². The summed E-state index contributed by atoms with van der Waals surface area (Å²) in [4.78, 5) is 15.4. The molecule has 1 saturated heterocycles. The number of rotatable bonds is 8. The summed E-state index contributed by atoms with van der Waals surface area (Å²) in [6, 6.07) is 12.5. The fourth-order valence-electron chi connectivity index (χ4n) is 4.34. The molecule has 2 N–H and O–H groups in total. The number of morpholine rings is 1. The highest BCUT2D eigenvalue weighted by atomic mass is 32.2. The van der Waals surface area contributed by atoms with Gasteiger partial charge in [0.05, 0.1) is 18.9 Å². The molecule has 2 aromatic carbocycles. The second-order valence-corrected chi connectivity index (χ2v) is 10.4. The Morgan fingerprint density at radius 1 is 1.09 bits per heavy atom. The highest BCUT2D eigenvalue weighted by Gasteiger charge is 2.32. The van der Waals surface area contributed by atoms with Gasteiger partial charge in [-0.05, 0) is 35.7 Å². The molecule has 0 spiro atoms. The van der Waals surface area contributed by atoms with Crippen LogP contribution in [0.2, 0.25) is 0 Å². The number of nitrogens with one attached hydrogen (secondary N) is 2. The van der Waals surface area contributed by atoms with Gasteiger partial charge in [0.25, 0.3) is 5.91 Å². The van der Waals surface area contributed by atoms with Crippen molar-refractivity contribution in [3.8, 4) is 0 Å². The van der Waals surface area contributed by atoms with Gasteiger partial charge in [-0.25, -0.2) is 8.42 Å². The monoisotopic (exact) mass is 472 g/mol. The number of carbonyl (C=O) groups excluding carboxylic acids is 1. The summed E-state index contributed by atoms with van der Waals surface area (Å²) in [5, 5.41) is 6.04. The summed E-state index contributed by atoms with van der Waals surface area (Å²) in [6.07, 6.45) is 0.787. The van der Waals surface area contributed by atoms with E-state index in [1.807, 2.05) is 31.2 Å². The third kappa shape index (κ3) is 5.22. The zero-order valence-corrected chi connectivity index (χ0v) is 20.0. The fourth-order valence-corrected chi connectivity index (χ4v) is 5.96. The fraction of sp³-hybridized carbons (Fsp3) is 0.458. The first kappa shape index (κ1) is 23.7. The quantitative estimate of drug-likeness (QED) is 0.613. The molecule has 2 aromatic rings. The van der Waals surface area contributed by atoms with Crippen LogP contribution in [0.3, 0.4) is 0 Å². The number of hydrogen-bond acceptors (Lipinski definition) is 6. The lowest BCUT2D eigenvalue weighted by Gasteiger charge is -2.30. The summed E-state index contributed by atoms with van der Waals surface area (Å²) >= 11 is 0. The lowest BCUT2D eigenvalue weighted by molar-refractivity contribution is 0.0331. The van der Waals surface area contributed by atoms with E-state index in [2.05, 4.69) is 15.5 Å². The molecule has 1 fully saturated rings. The Morgan fingerprint density at radius 2 is 1.76 bits per heavy atom. The molecule has 8 nitrogen and oxygen atoms in total. The molecule has 0 aromatic heterocycles. The van der Waals surface area contributed by atoms with Crippen LogP contribution in [0.25, 0.3) is 0 Å². The molecule has 178 valence electrons. The van der Waals surface area contributed by atoms with Crippen molar-refractivity contribution in [3.63, 3.8) is 0 Å². The molecule has 9 heteroatoms. The van der Waals surface area contributed by atoms with Gasteiger partial charge in [0, 0.05) is 51.4 Å². The maximum Gasteiger partial charge on any atom is 0.251 e. The van der Waals surface area contributed by atoms with Gasteiger partial charge in [-0.1, -0.05) is 31.2 Å². The van der Waals surface area contributed by atoms with E-state index < -0.39 is 10.0 Å². The molecule has 1 unspecified atom stereocenters. The first-order valence-corrected chi connectivity index (χ1v) is 12.9. The third-order valence-electron chi connectivity index (χ3n) is 6.35. The Morgan fingerprint density at radius 3 is 2.36 bits per heavy atom. The normalized spacial score (nSPS) is 18.0. The number of ether oxygens (including phenoxy) is 1. The Balaban J connectivity index is 1.53. The van der Waals surface area contributed by atoms with Crippen molar-refractivity contribution >= 4 is 21.6 Å². The van der Waals surface area contributed by atoms with Crippen LogP contribution < -0.4 is 10.6 Å². The molecule has 0 radical (unpaired) electrons. The van der Waals surface area contributed by atoms with E-state index in [-0.39, 0.29) is 16.8 Å². The van der Waals surface area contributed by atoms with E-state index in [9.17, 15) is 13.2 Å². The third-order valence-corrected chi connectivity index (χ3v) is 8.18. The average molecular weight is 473 g/mol. The molecule has 2 heterocycles. The molecule has 2 aliphatic heterocycles. The van der Waals surface area contributed by atoms with Gasteiger partial charge in [0.1, 0.15) is 4.90 Å². The minimum absolute atomic E-state index is 0.0206. The number of nitrogens with zero attached hydrogens (tertiary/aromatic N) is 2. The molecule has 1 amide bonds. The van der Waals surface area contributed by atoms with E-state index in [0.29, 0.717) is 37.6 Å². The molecular weight excluding hydrogens is 440 g/mol. The van der Waals surface area contributed by atoms with Crippen LogP contribution in [0.4, 0.5) is 5.69 Å². The Kier molecular flexibility index (Phi) is 7.33. The highest BCUT2D eigenvalue weighted by Crippen LogP contribution is 2.32. The van der Waals surface area contributed by atoms with E-state index >= 15 is 0 Å². The zero-order valence-electron chi connectivity index (χ0n) is 19.2. The van der Waals surface area contributed by atoms with Crippen LogP contribution in [0.1, 0.15) is 34.8 Å². The minimum Gasteiger partial charge on any atom is -0.387 e. The number of carbonyl (C=O) groups is 1. The van der Waals surface area contributed by atoms with Gasteiger partial charge in [0.15, 0.2) is 0 Å². The van der Waals surface area contributed by atoms with Crippen molar-refractivity contribution in [2.75, 3.05) is 45.2 Å². The second kappa shape index (κ2) is 10.2. The van der Waals surface area contributed by atoms with Crippen LogP contribution in [-0.4, -0.2) is 69.5 Å². The summed E-state index contributed by atoms with van der Waals surface area (Å²) in [6.45, 7) is 6.56. The molecular formula is C24H32N4O4S. The summed E-state index contributed by atoms with van der Waals surface area (Å²) in [7, 11) is -2.11. The van der Waals surface area contributed by atoms with E-state index in [1.54, 1.807) is 19.2 Å². The molecule has 33 heavy (non-hydrogen) atoms. The standard InChI is InChI=1S/C24H32N4O4S/c1-3-21(17-27-10-12-32-13-11-27)26-24(29)18-8-9-22(25-2)23(14-18)33(30,31)28-15-19-6-4-5-7-20(19)16-28/h4-9,14,21,25H,3,10-13,15-17H2,1-2H3,(H,26,29). The van der Waals surface area contributed by atoms with E-state index in [1.165, 1.54) is 10.4 Å². The summed E-state index contributed by atoms with van der Waals surface area (Å²) < 4.78 is 33.9. The van der Waals surface area contributed by atoms with Crippen LogP contribution in [0.15, 0.2) is 47.4 Å². The number of fused-ring (bicyclic) bond motifs is 1. The van der Waals surface area contributed by atoms with Gasteiger partial charge in [-0.2, -0.15) is 4.31 Å². The molecule has 0 saturated carbocycles. The van der Waals surface area contributed by atoms with E-state index in [0.717, 1.165) is 37.2 Å². The topological polar surface area (TPSA) is 91.0 Å². The summed E-state index contributed by atoms with van der Waals surface area (Å²) in [5.41, 5.74) is 2.83. The molecule has 2 aliphatic rings. The maximum atomic E-state index is 13.5. The predicted octanol–water partition coefficient (Wildman–Crippen LogP) is 2.27. The van der Waals surface area contributed by atoms with Crippen molar-refractivity contribution in [3.05, 3.63) is 59.2 Å². The van der Waals surface area contributed by atoms with Crippen LogP contribution in [-0.2, 0) is 27.8 Å². The Labute approximate surface area is 196 Å². The smallest absolute Gasteiger partial charge is 0.251 e. The number of hydrogen-bond donors (Lipinski definition) is 2. The number of anilines is 1. The first-order valence-electron chi connectivity index (χ1n) is 11.4. The molecule has 0 bridgehead atoms. The largest absolute Gasteiger partial charge is 0.387 e. The van der Waals surface area contributed by atoms with Gasteiger partial charge < -0.3 is 15.4 Å². The van der Waals surface area contributed by atoms with Crippen molar-refractivity contribution < 1.29 is 17.9 Å². The maximum absolute atomic E-state index is 13.5. The first-order chi connectivity index (χ1) is 15.9. The average Bonchev–Trinajstić information content (AvgIpc) is 3.29. The van der Waals surface area contributed by atoms with Gasteiger partial charge in [-0.15, -0.1) is 0 Å². The second-order valence-electron chi connectivity index (χ2n) is 8.49. The SMILES string of the molecule is CCC(CN1CCOCC1)NC(=O)c1ccc(NC)c(S(=O)(=O)N2Cc3ccccc3C2)c1. The minimum atomic E-state index is -3.79. The Hall–Kier alpha value is -2.46. The molecule has 4 rings (SSSR count). The lowest BCUT2D eigenvalue weighted by atomic mass is 10.1. The number of sulfonamides is 1. The van der Waals surface area contributed by atoms with Gasteiger partial charge >= 0.3 is 0 Å². The van der Waals surface area contributed by atoms with Gasteiger partial charge in [-0.3, -0.25) is 9.69 Å². The van der Waals surface area contributed by atoms with E-state index in [4.69, 9.17) is 4.74 Å².